The molecule has 142 valence electrons. The van der Waals surface area contributed by atoms with Crippen LogP contribution in [-0.4, -0.2) is 49.1 Å². The van der Waals surface area contributed by atoms with E-state index < -0.39 is 0 Å². The maximum atomic E-state index is 12.9. The summed E-state index contributed by atoms with van der Waals surface area (Å²) in [6, 6.07) is 5.93. The number of aryl methyl sites for hydroxylation is 2. The first-order valence-corrected chi connectivity index (χ1v) is 9.61. The molecule has 0 bridgehead atoms. The van der Waals surface area contributed by atoms with Gasteiger partial charge in [-0.3, -0.25) is 9.59 Å². The molecule has 2 fully saturated rings. The Labute approximate surface area is 156 Å². The summed E-state index contributed by atoms with van der Waals surface area (Å²) in [5.74, 6) is -0.0304. The van der Waals surface area contributed by atoms with Crippen molar-refractivity contribution in [2.24, 2.45) is 5.92 Å². The van der Waals surface area contributed by atoms with E-state index in [0.717, 1.165) is 55.3 Å². The van der Waals surface area contributed by atoms with E-state index in [4.69, 9.17) is 4.74 Å². The Morgan fingerprint density at radius 2 is 1.88 bits per heavy atom. The van der Waals surface area contributed by atoms with Crippen LogP contribution in [0.15, 0.2) is 18.2 Å². The molecule has 0 spiro atoms. The Hall–Kier alpha value is -1.88. The van der Waals surface area contributed by atoms with E-state index >= 15 is 0 Å². The molecule has 1 atom stereocenters. The Kier molecular flexibility index (Phi) is 5.66. The number of ether oxygens (including phenoxy) is 1. The van der Waals surface area contributed by atoms with E-state index in [2.05, 4.69) is 11.4 Å². The summed E-state index contributed by atoms with van der Waals surface area (Å²) in [6.07, 6.45) is 4.79. The molecule has 1 unspecified atom stereocenters. The predicted octanol–water partition coefficient (Wildman–Crippen LogP) is 2.84. The molecule has 1 saturated carbocycles. The zero-order valence-corrected chi connectivity index (χ0v) is 16.1. The molecule has 2 amide bonds. The molecule has 1 heterocycles. The van der Waals surface area contributed by atoms with E-state index in [9.17, 15) is 9.59 Å². The highest BCUT2D eigenvalue weighted by molar-refractivity contribution is 5.95. The molecule has 5 heteroatoms. The number of carbonyl (C=O) groups is 2. The number of carbonyl (C=O) groups excluding carboxylic acids is 2. The molecular formula is C21H30N2O3. The van der Waals surface area contributed by atoms with E-state index in [1.807, 2.05) is 30.9 Å². The highest BCUT2D eigenvalue weighted by Crippen LogP contribution is 2.33. The number of nitrogens with zero attached hydrogens (tertiary/aromatic N) is 1. The van der Waals surface area contributed by atoms with Crippen LogP contribution in [0.3, 0.4) is 0 Å². The lowest BCUT2D eigenvalue weighted by molar-refractivity contribution is -0.130. The maximum Gasteiger partial charge on any atom is 0.253 e. The third-order valence-corrected chi connectivity index (χ3v) is 5.67. The monoisotopic (exact) mass is 358 g/mol. The van der Waals surface area contributed by atoms with Crippen LogP contribution >= 0.6 is 0 Å². The lowest BCUT2D eigenvalue weighted by Crippen LogP contribution is -2.59. The van der Waals surface area contributed by atoms with Gasteiger partial charge in [0, 0.05) is 25.8 Å². The van der Waals surface area contributed by atoms with Gasteiger partial charge in [-0.15, -0.1) is 0 Å². The number of hydrogen-bond acceptors (Lipinski definition) is 3. The minimum atomic E-state index is -0.189. The van der Waals surface area contributed by atoms with E-state index in [0.29, 0.717) is 13.2 Å². The largest absolute Gasteiger partial charge is 0.382 e. The van der Waals surface area contributed by atoms with Crippen molar-refractivity contribution in [2.75, 3.05) is 26.8 Å². The fourth-order valence-corrected chi connectivity index (χ4v) is 4.21. The molecule has 1 N–H and O–H groups in total. The molecule has 3 rings (SSSR count). The zero-order chi connectivity index (χ0) is 18.7. The molecule has 1 aliphatic carbocycles. The number of methoxy groups -OCH3 is 1. The first-order valence-electron chi connectivity index (χ1n) is 9.61. The van der Waals surface area contributed by atoms with Crippen molar-refractivity contribution < 1.29 is 14.3 Å². The molecule has 1 aromatic rings. The van der Waals surface area contributed by atoms with Crippen molar-refractivity contribution in [2.45, 2.75) is 51.5 Å². The van der Waals surface area contributed by atoms with Crippen molar-refractivity contribution in [1.82, 2.24) is 10.2 Å². The third-order valence-electron chi connectivity index (χ3n) is 5.67. The summed E-state index contributed by atoms with van der Waals surface area (Å²) in [5, 5.41) is 3.22. The Morgan fingerprint density at radius 1 is 1.19 bits per heavy atom. The number of hydrogen-bond donors (Lipinski definition) is 1. The van der Waals surface area contributed by atoms with Crippen molar-refractivity contribution in [3.8, 4) is 0 Å². The molecule has 5 nitrogen and oxygen atoms in total. The molecule has 0 radical (unpaired) electrons. The fraction of sp³-hybridized carbons (Fsp3) is 0.619. The van der Waals surface area contributed by atoms with Crippen molar-refractivity contribution in [3.63, 3.8) is 0 Å². The molecule has 1 saturated heterocycles. The van der Waals surface area contributed by atoms with E-state index in [-0.39, 0.29) is 23.3 Å². The number of nitrogens with one attached hydrogen (secondary N) is 1. The topological polar surface area (TPSA) is 58.6 Å². The van der Waals surface area contributed by atoms with Crippen LogP contribution in [0.25, 0.3) is 0 Å². The maximum absolute atomic E-state index is 12.9. The van der Waals surface area contributed by atoms with Gasteiger partial charge in [-0.05, 0) is 58.1 Å². The van der Waals surface area contributed by atoms with Gasteiger partial charge in [0.1, 0.15) is 0 Å². The van der Waals surface area contributed by atoms with Gasteiger partial charge in [0.05, 0.1) is 18.1 Å². The van der Waals surface area contributed by atoms with Gasteiger partial charge in [-0.1, -0.05) is 17.2 Å². The minimum Gasteiger partial charge on any atom is -0.382 e. The zero-order valence-electron chi connectivity index (χ0n) is 16.1. The summed E-state index contributed by atoms with van der Waals surface area (Å²) in [7, 11) is 1.68. The number of benzene rings is 1. The van der Waals surface area contributed by atoms with Crippen LogP contribution in [0.4, 0.5) is 0 Å². The smallest absolute Gasteiger partial charge is 0.253 e. The van der Waals surface area contributed by atoms with Crippen LogP contribution in [0.5, 0.6) is 0 Å². The molecular weight excluding hydrogens is 328 g/mol. The van der Waals surface area contributed by atoms with Crippen LogP contribution < -0.4 is 5.32 Å². The molecule has 26 heavy (non-hydrogen) atoms. The second kappa shape index (κ2) is 7.78. The first kappa shape index (κ1) is 18.9. The van der Waals surface area contributed by atoms with Gasteiger partial charge >= 0.3 is 0 Å². The third kappa shape index (κ3) is 4.09. The molecule has 1 aliphatic heterocycles. The standard InChI is InChI=1S/C21H30N2O3/c1-15-10-16(2)12-18(11-15)20(25)23-9-4-6-17(13-23)19(24)22-21(14-26-3)7-5-8-21/h10-12,17H,4-9,13-14H2,1-3H3,(H,22,24). The normalized spacial score (nSPS) is 21.8. The second-order valence-corrected chi connectivity index (χ2v) is 8.02. The van der Waals surface area contributed by atoms with Gasteiger partial charge in [-0.2, -0.15) is 0 Å². The van der Waals surface area contributed by atoms with Gasteiger partial charge < -0.3 is 15.0 Å². The van der Waals surface area contributed by atoms with Crippen LogP contribution in [0, 0.1) is 19.8 Å². The minimum absolute atomic E-state index is 0.0320. The van der Waals surface area contributed by atoms with Crippen LogP contribution in [0.1, 0.15) is 53.6 Å². The lowest BCUT2D eigenvalue weighted by atomic mass is 9.77. The number of amides is 2. The molecule has 2 aliphatic rings. The molecule has 1 aromatic carbocycles. The number of piperidine rings is 1. The molecule has 0 aromatic heterocycles. The average Bonchev–Trinajstić information content (AvgIpc) is 2.58. The van der Waals surface area contributed by atoms with Gasteiger partial charge in [-0.25, -0.2) is 0 Å². The van der Waals surface area contributed by atoms with E-state index in [1.54, 1.807) is 7.11 Å². The first-order chi connectivity index (χ1) is 12.4. The Balaban J connectivity index is 1.65. The highest BCUT2D eigenvalue weighted by atomic mass is 16.5. The fourth-order valence-electron chi connectivity index (χ4n) is 4.21. The summed E-state index contributed by atoms with van der Waals surface area (Å²) < 4.78 is 5.30. The van der Waals surface area contributed by atoms with Gasteiger partial charge in [0.2, 0.25) is 5.91 Å². The highest BCUT2D eigenvalue weighted by Gasteiger charge is 2.40. The van der Waals surface area contributed by atoms with Crippen LogP contribution in [0.2, 0.25) is 0 Å². The van der Waals surface area contributed by atoms with Crippen LogP contribution in [-0.2, 0) is 9.53 Å². The summed E-state index contributed by atoms with van der Waals surface area (Å²) in [5.41, 5.74) is 2.71. The summed E-state index contributed by atoms with van der Waals surface area (Å²) >= 11 is 0. The summed E-state index contributed by atoms with van der Waals surface area (Å²) in [4.78, 5) is 27.5. The number of likely N-dealkylation sites (tertiary alicyclic amines) is 1. The van der Waals surface area contributed by atoms with Gasteiger partial charge in [0.25, 0.3) is 5.91 Å². The summed E-state index contributed by atoms with van der Waals surface area (Å²) in [6.45, 7) is 5.80. The van der Waals surface area contributed by atoms with Crippen molar-refractivity contribution in [1.29, 1.82) is 0 Å². The van der Waals surface area contributed by atoms with Gasteiger partial charge in [0.15, 0.2) is 0 Å². The number of rotatable bonds is 5. The van der Waals surface area contributed by atoms with E-state index in [1.165, 1.54) is 0 Å². The quantitative estimate of drug-likeness (QED) is 0.880. The average molecular weight is 358 g/mol. The van der Waals surface area contributed by atoms with Crippen molar-refractivity contribution in [3.05, 3.63) is 34.9 Å². The lowest BCUT2D eigenvalue weighted by Gasteiger charge is -2.43. The Bertz CT molecular complexity index is 662. The van der Waals surface area contributed by atoms with Crippen molar-refractivity contribution >= 4 is 11.8 Å². The second-order valence-electron chi connectivity index (χ2n) is 8.02. The SMILES string of the molecule is COCC1(NC(=O)C2CCCN(C(=O)c3cc(C)cc(C)c3)C2)CCC1. The predicted molar refractivity (Wildman–Crippen MR) is 101 cm³/mol. The Morgan fingerprint density at radius 3 is 2.46 bits per heavy atom.